The zero-order chi connectivity index (χ0) is 15.6. The van der Waals surface area contributed by atoms with Crippen LogP contribution in [0.2, 0.25) is 0 Å². The van der Waals surface area contributed by atoms with E-state index in [4.69, 9.17) is 9.84 Å². The van der Waals surface area contributed by atoms with Crippen molar-refractivity contribution < 1.29 is 14.6 Å². The fourth-order valence-corrected chi connectivity index (χ4v) is 3.09. The quantitative estimate of drug-likeness (QED) is 0.921. The van der Waals surface area contributed by atoms with Crippen LogP contribution in [0.4, 0.5) is 0 Å². The molecule has 0 radical (unpaired) electrons. The minimum atomic E-state index is -1.05. The van der Waals surface area contributed by atoms with Crippen LogP contribution in [-0.2, 0) is 0 Å². The molecular formula is C16H24N2O3. The molecule has 0 bridgehead atoms. The highest BCUT2D eigenvalue weighted by atomic mass is 16.5. The summed E-state index contributed by atoms with van der Waals surface area (Å²) < 4.78 is 5.99. The van der Waals surface area contributed by atoms with Gasteiger partial charge in [-0.2, -0.15) is 4.98 Å². The summed E-state index contributed by atoms with van der Waals surface area (Å²) >= 11 is 0. The van der Waals surface area contributed by atoms with E-state index in [0.29, 0.717) is 23.4 Å². The number of hydrogen-bond acceptors (Lipinski definition) is 4. The van der Waals surface area contributed by atoms with E-state index in [9.17, 15) is 4.79 Å². The molecule has 3 atom stereocenters. The Kier molecular flexibility index (Phi) is 4.80. The number of hydrogen-bond donors (Lipinski definition) is 1. The van der Waals surface area contributed by atoms with Gasteiger partial charge in [0.1, 0.15) is 6.10 Å². The Labute approximate surface area is 125 Å². The maximum atomic E-state index is 11.1. The summed E-state index contributed by atoms with van der Waals surface area (Å²) in [6, 6.07) is 1.65. The van der Waals surface area contributed by atoms with Crippen LogP contribution < -0.4 is 4.74 Å². The van der Waals surface area contributed by atoms with Crippen molar-refractivity contribution in [1.82, 2.24) is 9.97 Å². The Bertz CT molecular complexity index is 516. The lowest BCUT2D eigenvalue weighted by Gasteiger charge is -2.36. The molecule has 0 spiro atoms. The van der Waals surface area contributed by atoms with Crippen LogP contribution in [0.3, 0.4) is 0 Å². The van der Waals surface area contributed by atoms with Gasteiger partial charge in [0.15, 0.2) is 5.69 Å². The molecule has 1 aromatic heterocycles. The summed E-state index contributed by atoms with van der Waals surface area (Å²) in [6.07, 6.45) is 3.40. The molecule has 1 heterocycles. The van der Waals surface area contributed by atoms with E-state index < -0.39 is 5.97 Å². The van der Waals surface area contributed by atoms with Crippen LogP contribution in [0.1, 0.15) is 56.2 Å². The lowest BCUT2D eigenvalue weighted by Crippen LogP contribution is -2.36. The van der Waals surface area contributed by atoms with E-state index >= 15 is 0 Å². The van der Waals surface area contributed by atoms with Gasteiger partial charge in [-0.3, -0.25) is 0 Å². The molecule has 1 N–H and O–H groups in total. The van der Waals surface area contributed by atoms with E-state index in [-0.39, 0.29) is 17.8 Å². The molecule has 3 unspecified atom stereocenters. The van der Waals surface area contributed by atoms with Gasteiger partial charge in [-0.05, 0) is 43.6 Å². The summed E-state index contributed by atoms with van der Waals surface area (Å²) in [5.74, 6) is 0.571. The molecule has 1 fully saturated rings. The van der Waals surface area contributed by atoms with Crippen LogP contribution in [0.25, 0.3) is 0 Å². The molecule has 0 amide bonds. The highest BCUT2D eigenvalue weighted by molar-refractivity contribution is 5.85. The molecule has 1 aromatic rings. The third kappa shape index (κ3) is 3.93. The van der Waals surface area contributed by atoms with Crippen LogP contribution in [-0.4, -0.2) is 27.1 Å². The zero-order valence-corrected chi connectivity index (χ0v) is 13.2. The fraction of sp³-hybridized carbons (Fsp3) is 0.688. The monoisotopic (exact) mass is 292 g/mol. The predicted octanol–water partition coefficient (Wildman–Crippen LogP) is 3.32. The SMILES string of the molecule is Cc1cc(C(=O)O)nc(OC2CC(C)CCC2C(C)C)n1. The van der Waals surface area contributed by atoms with Crippen LogP contribution in [0.15, 0.2) is 6.07 Å². The number of carboxylic acids is 1. The van der Waals surface area contributed by atoms with Crippen LogP contribution in [0.5, 0.6) is 6.01 Å². The van der Waals surface area contributed by atoms with E-state index in [1.807, 2.05) is 0 Å². The first-order valence-corrected chi connectivity index (χ1v) is 7.62. The summed E-state index contributed by atoms with van der Waals surface area (Å²) in [7, 11) is 0. The molecule has 0 aliphatic heterocycles. The molecular weight excluding hydrogens is 268 g/mol. The van der Waals surface area contributed by atoms with Crippen molar-refractivity contribution >= 4 is 5.97 Å². The third-order valence-corrected chi connectivity index (χ3v) is 4.27. The Morgan fingerprint density at radius 3 is 2.71 bits per heavy atom. The third-order valence-electron chi connectivity index (χ3n) is 4.27. The number of carbonyl (C=O) groups is 1. The number of aryl methyl sites for hydroxylation is 1. The number of ether oxygens (including phenoxy) is 1. The van der Waals surface area contributed by atoms with Gasteiger partial charge in [0.25, 0.3) is 0 Å². The van der Waals surface area contributed by atoms with Crippen molar-refractivity contribution in [2.24, 2.45) is 17.8 Å². The van der Waals surface area contributed by atoms with Gasteiger partial charge in [0.2, 0.25) is 0 Å². The van der Waals surface area contributed by atoms with Gasteiger partial charge in [-0.1, -0.05) is 27.2 Å². The van der Waals surface area contributed by atoms with Crippen molar-refractivity contribution in [3.05, 3.63) is 17.5 Å². The number of rotatable bonds is 4. The molecule has 116 valence electrons. The minimum absolute atomic E-state index is 0.0116. The van der Waals surface area contributed by atoms with Crippen molar-refractivity contribution in [2.45, 2.75) is 53.1 Å². The van der Waals surface area contributed by atoms with Crippen molar-refractivity contribution in [2.75, 3.05) is 0 Å². The van der Waals surface area contributed by atoms with Crippen LogP contribution >= 0.6 is 0 Å². The molecule has 1 saturated carbocycles. The molecule has 5 nitrogen and oxygen atoms in total. The summed E-state index contributed by atoms with van der Waals surface area (Å²) in [5.41, 5.74) is 0.602. The average Bonchev–Trinajstić information content (AvgIpc) is 2.37. The molecule has 1 aliphatic rings. The van der Waals surface area contributed by atoms with E-state index in [1.165, 1.54) is 12.5 Å². The van der Waals surface area contributed by atoms with Gasteiger partial charge in [0, 0.05) is 5.69 Å². The van der Waals surface area contributed by atoms with Gasteiger partial charge >= 0.3 is 12.0 Å². The van der Waals surface area contributed by atoms with Crippen molar-refractivity contribution in [1.29, 1.82) is 0 Å². The zero-order valence-electron chi connectivity index (χ0n) is 13.2. The van der Waals surface area contributed by atoms with E-state index in [0.717, 1.165) is 12.8 Å². The second-order valence-corrected chi connectivity index (χ2v) is 6.46. The topological polar surface area (TPSA) is 72.3 Å². The Hall–Kier alpha value is -1.65. The van der Waals surface area contributed by atoms with Gasteiger partial charge in [-0.25, -0.2) is 9.78 Å². The first-order valence-electron chi connectivity index (χ1n) is 7.62. The maximum Gasteiger partial charge on any atom is 0.354 e. The lowest BCUT2D eigenvalue weighted by atomic mass is 9.75. The van der Waals surface area contributed by atoms with Crippen molar-refractivity contribution in [3.63, 3.8) is 0 Å². The van der Waals surface area contributed by atoms with Gasteiger partial charge < -0.3 is 9.84 Å². The minimum Gasteiger partial charge on any atom is -0.477 e. The molecule has 1 aliphatic carbocycles. The molecule has 0 aromatic carbocycles. The average molecular weight is 292 g/mol. The molecule has 5 heteroatoms. The van der Waals surface area contributed by atoms with Crippen LogP contribution in [0, 0.1) is 24.7 Å². The summed E-state index contributed by atoms with van der Waals surface area (Å²) in [5, 5.41) is 9.08. The standard InChI is InChI=1S/C16H24N2O3/c1-9(2)12-6-5-10(3)7-14(12)21-16-17-11(4)8-13(18-16)15(19)20/h8-10,12,14H,5-7H2,1-4H3,(H,19,20). The Balaban J connectivity index is 2.20. The van der Waals surface area contributed by atoms with E-state index in [1.54, 1.807) is 6.92 Å². The lowest BCUT2D eigenvalue weighted by molar-refractivity contribution is 0.0382. The molecule has 21 heavy (non-hydrogen) atoms. The second kappa shape index (κ2) is 6.41. The highest BCUT2D eigenvalue weighted by Crippen LogP contribution is 2.35. The highest BCUT2D eigenvalue weighted by Gasteiger charge is 2.33. The Morgan fingerprint density at radius 1 is 1.38 bits per heavy atom. The number of aromatic nitrogens is 2. The van der Waals surface area contributed by atoms with Gasteiger partial charge in [0.05, 0.1) is 0 Å². The maximum absolute atomic E-state index is 11.1. The number of aromatic carboxylic acids is 1. The summed E-state index contributed by atoms with van der Waals surface area (Å²) in [6.45, 7) is 8.39. The van der Waals surface area contributed by atoms with Gasteiger partial charge in [-0.15, -0.1) is 0 Å². The largest absolute Gasteiger partial charge is 0.477 e. The normalized spacial score (nSPS) is 25.9. The smallest absolute Gasteiger partial charge is 0.354 e. The number of nitrogens with zero attached hydrogens (tertiary/aromatic N) is 2. The molecule has 2 rings (SSSR count). The first-order chi connectivity index (χ1) is 9.86. The fourth-order valence-electron chi connectivity index (χ4n) is 3.09. The number of carboxylic acid groups (broad SMARTS) is 1. The Morgan fingerprint density at radius 2 is 2.10 bits per heavy atom. The van der Waals surface area contributed by atoms with E-state index in [2.05, 4.69) is 30.7 Å². The molecule has 0 saturated heterocycles. The first kappa shape index (κ1) is 15.7. The van der Waals surface area contributed by atoms with Crippen molar-refractivity contribution in [3.8, 4) is 6.01 Å². The summed E-state index contributed by atoms with van der Waals surface area (Å²) in [4.78, 5) is 19.3. The predicted molar refractivity (Wildman–Crippen MR) is 79.5 cm³/mol. The second-order valence-electron chi connectivity index (χ2n) is 6.46.